The van der Waals surface area contributed by atoms with Gasteiger partial charge in [-0.05, 0) is 31.2 Å². The Bertz CT molecular complexity index is 880. The number of hydrogen-bond donors (Lipinski definition) is 0. The molecule has 2 aromatic rings. The molecule has 0 aliphatic carbocycles. The van der Waals surface area contributed by atoms with Crippen molar-refractivity contribution < 1.29 is 9.59 Å². The fourth-order valence-electron chi connectivity index (χ4n) is 3.87. The lowest BCUT2D eigenvalue weighted by Crippen LogP contribution is -2.47. The monoisotopic (exact) mass is 370 g/mol. The Morgan fingerprint density at radius 2 is 2.15 bits per heavy atom. The minimum Gasteiger partial charge on any atom is -0.337 e. The van der Waals surface area contributed by atoms with Gasteiger partial charge in [0.15, 0.2) is 0 Å². The maximum Gasteiger partial charge on any atom is 0.263 e. The highest BCUT2D eigenvalue weighted by Crippen LogP contribution is 2.36. The Balaban J connectivity index is 1.66. The topological polar surface area (TPSA) is 66.4 Å². The van der Waals surface area contributed by atoms with Crippen molar-refractivity contribution in [2.45, 2.75) is 38.5 Å². The van der Waals surface area contributed by atoms with E-state index in [0.29, 0.717) is 13.0 Å². The summed E-state index contributed by atoms with van der Waals surface area (Å²) < 4.78 is 0. The number of likely N-dealkylation sites (tertiary alicyclic amines) is 1. The van der Waals surface area contributed by atoms with Crippen molar-refractivity contribution >= 4 is 29.0 Å². The van der Waals surface area contributed by atoms with Gasteiger partial charge >= 0.3 is 0 Å². The largest absolute Gasteiger partial charge is 0.337 e. The lowest BCUT2D eigenvalue weighted by Gasteiger charge is -2.39. The molecule has 2 aromatic heterocycles. The number of aryl methyl sites for hydroxylation is 1. The molecular weight excluding hydrogens is 348 g/mol. The van der Waals surface area contributed by atoms with E-state index in [9.17, 15) is 9.59 Å². The smallest absolute Gasteiger partial charge is 0.263 e. The lowest BCUT2D eigenvalue weighted by atomic mass is 9.80. The molecule has 26 heavy (non-hydrogen) atoms. The molecule has 6 nitrogen and oxygen atoms in total. The predicted octanol–water partition coefficient (Wildman–Crippen LogP) is 2.56. The molecule has 0 aromatic carbocycles. The molecule has 2 aliphatic heterocycles. The first-order valence-electron chi connectivity index (χ1n) is 8.86. The molecule has 0 saturated carbocycles. The summed E-state index contributed by atoms with van der Waals surface area (Å²) in [6.45, 7) is 5.42. The third-order valence-electron chi connectivity index (χ3n) is 5.47. The van der Waals surface area contributed by atoms with E-state index in [1.54, 1.807) is 11.9 Å². The third kappa shape index (κ3) is 2.70. The number of hydrogen-bond acceptors (Lipinski definition) is 5. The van der Waals surface area contributed by atoms with E-state index >= 15 is 0 Å². The van der Waals surface area contributed by atoms with Gasteiger partial charge in [0.1, 0.15) is 11.6 Å². The zero-order valence-corrected chi connectivity index (χ0v) is 16.1. The van der Waals surface area contributed by atoms with Crippen LogP contribution in [0.2, 0.25) is 0 Å². The standard InChI is InChI=1S/C19H22N4O2S/c1-12-13-10-15(24)22(3)16(13)21-18(20-12)19(2)7-5-8-23(11-19)17(25)14-6-4-9-26-14/h4,6,9H,5,7-8,10-11H2,1-3H3. The van der Waals surface area contributed by atoms with E-state index in [1.165, 1.54) is 11.3 Å². The fourth-order valence-corrected chi connectivity index (χ4v) is 4.57. The summed E-state index contributed by atoms with van der Waals surface area (Å²) in [5.74, 6) is 1.59. The van der Waals surface area contributed by atoms with Gasteiger partial charge in [-0.1, -0.05) is 13.0 Å². The quantitative estimate of drug-likeness (QED) is 0.815. The van der Waals surface area contributed by atoms with E-state index in [-0.39, 0.29) is 17.2 Å². The Morgan fingerprint density at radius 1 is 1.35 bits per heavy atom. The second-order valence-electron chi connectivity index (χ2n) is 7.43. The number of anilines is 1. The van der Waals surface area contributed by atoms with E-state index < -0.39 is 0 Å². The van der Waals surface area contributed by atoms with Crippen molar-refractivity contribution in [3.63, 3.8) is 0 Å². The molecular formula is C19H22N4O2S. The number of nitrogens with zero attached hydrogens (tertiary/aromatic N) is 4. The third-order valence-corrected chi connectivity index (χ3v) is 6.33. The second kappa shape index (κ2) is 6.16. The highest BCUT2D eigenvalue weighted by atomic mass is 32.1. The molecule has 0 bridgehead atoms. The van der Waals surface area contributed by atoms with Gasteiger partial charge in [-0.15, -0.1) is 11.3 Å². The van der Waals surface area contributed by atoms with Crippen LogP contribution in [0, 0.1) is 6.92 Å². The minimum atomic E-state index is -0.308. The molecule has 1 atom stereocenters. The molecule has 4 rings (SSSR count). The minimum absolute atomic E-state index is 0.0536. The molecule has 2 amide bonds. The van der Waals surface area contributed by atoms with Crippen molar-refractivity contribution in [3.8, 4) is 0 Å². The molecule has 0 N–H and O–H groups in total. The normalized spacial score (nSPS) is 22.7. The van der Waals surface area contributed by atoms with Crippen LogP contribution in [-0.4, -0.2) is 46.8 Å². The van der Waals surface area contributed by atoms with Crippen LogP contribution in [0.15, 0.2) is 17.5 Å². The van der Waals surface area contributed by atoms with E-state index in [2.05, 4.69) is 6.92 Å². The van der Waals surface area contributed by atoms with Gasteiger partial charge in [0.25, 0.3) is 5.91 Å². The first-order valence-corrected chi connectivity index (χ1v) is 9.74. The van der Waals surface area contributed by atoms with Gasteiger partial charge in [0.05, 0.1) is 11.3 Å². The summed E-state index contributed by atoms with van der Waals surface area (Å²) in [5, 5.41) is 1.93. The highest BCUT2D eigenvalue weighted by molar-refractivity contribution is 7.12. The molecule has 2 aliphatic rings. The predicted molar refractivity (Wildman–Crippen MR) is 101 cm³/mol. The molecule has 1 fully saturated rings. The number of thiophene rings is 1. The summed E-state index contributed by atoms with van der Waals surface area (Å²) in [7, 11) is 1.76. The first-order chi connectivity index (χ1) is 12.4. The number of carbonyl (C=O) groups is 2. The Labute approximate surface area is 156 Å². The van der Waals surface area contributed by atoms with Crippen molar-refractivity contribution in [2.75, 3.05) is 25.0 Å². The van der Waals surface area contributed by atoms with Crippen LogP contribution >= 0.6 is 11.3 Å². The molecule has 4 heterocycles. The first kappa shape index (κ1) is 17.1. The van der Waals surface area contributed by atoms with Crippen LogP contribution in [0.1, 0.15) is 46.5 Å². The number of amides is 2. The van der Waals surface area contributed by atoms with Gasteiger partial charge < -0.3 is 4.90 Å². The van der Waals surface area contributed by atoms with Crippen LogP contribution in [-0.2, 0) is 16.6 Å². The average molecular weight is 370 g/mol. The number of aromatic nitrogens is 2. The van der Waals surface area contributed by atoms with Crippen molar-refractivity contribution in [2.24, 2.45) is 0 Å². The van der Waals surface area contributed by atoms with Crippen LogP contribution in [0.4, 0.5) is 5.82 Å². The van der Waals surface area contributed by atoms with Gasteiger partial charge in [-0.3, -0.25) is 14.5 Å². The summed E-state index contributed by atoms with van der Waals surface area (Å²) in [6.07, 6.45) is 2.22. The fraction of sp³-hybridized carbons (Fsp3) is 0.474. The second-order valence-corrected chi connectivity index (χ2v) is 8.38. The molecule has 136 valence electrons. The average Bonchev–Trinajstić information content (AvgIpc) is 3.25. The molecule has 0 spiro atoms. The number of rotatable bonds is 2. The highest BCUT2D eigenvalue weighted by Gasteiger charge is 2.39. The number of fused-ring (bicyclic) bond motifs is 1. The van der Waals surface area contributed by atoms with Crippen LogP contribution in [0.5, 0.6) is 0 Å². The lowest BCUT2D eigenvalue weighted by molar-refractivity contribution is -0.117. The summed E-state index contributed by atoms with van der Waals surface area (Å²) in [4.78, 5) is 38.6. The summed E-state index contributed by atoms with van der Waals surface area (Å²) in [6, 6.07) is 3.77. The Morgan fingerprint density at radius 3 is 2.88 bits per heavy atom. The zero-order valence-electron chi connectivity index (χ0n) is 15.3. The van der Waals surface area contributed by atoms with E-state index in [1.807, 2.05) is 29.3 Å². The SMILES string of the molecule is Cc1nc(C2(C)CCCN(C(=O)c3cccs3)C2)nc2c1CC(=O)N2C. The van der Waals surface area contributed by atoms with Gasteiger partial charge in [-0.25, -0.2) is 9.97 Å². The summed E-state index contributed by atoms with van der Waals surface area (Å²) >= 11 is 1.47. The number of piperidine rings is 1. The molecule has 1 unspecified atom stereocenters. The van der Waals surface area contributed by atoms with Gasteiger partial charge in [-0.2, -0.15) is 0 Å². The Kier molecular flexibility index (Phi) is 4.06. The zero-order chi connectivity index (χ0) is 18.5. The van der Waals surface area contributed by atoms with E-state index in [4.69, 9.17) is 9.97 Å². The van der Waals surface area contributed by atoms with Crippen LogP contribution < -0.4 is 4.90 Å². The van der Waals surface area contributed by atoms with Crippen molar-refractivity contribution in [1.29, 1.82) is 0 Å². The van der Waals surface area contributed by atoms with Gasteiger partial charge in [0.2, 0.25) is 5.91 Å². The molecule has 1 saturated heterocycles. The van der Waals surface area contributed by atoms with Crippen LogP contribution in [0.25, 0.3) is 0 Å². The maximum atomic E-state index is 12.8. The number of likely N-dealkylation sites (N-methyl/N-ethyl adjacent to an activating group) is 1. The van der Waals surface area contributed by atoms with Crippen molar-refractivity contribution in [1.82, 2.24) is 14.9 Å². The van der Waals surface area contributed by atoms with E-state index in [0.717, 1.165) is 47.2 Å². The molecule has 0 radical (unpaired) electrons. The summed E-state index contributed by atoms with van der Waals surface area (Å²) in [5.41, 5.74) is 1.48. The number of carbonyl (C=O) groups excluding carboxylic acids is 2. The van der Waals surface area contributed by atoms with Crippen LogP contribution in [0.3, 0.4) is 0 Å². The maximum absolute atomic E-state index is 12.8. The van der Waals surface area contributed by atoms with Crippen molar-refractivity contribution in [3.05, 3.63) is 39.5 Å². The Hall–Kier alpha value is -2.28. The van der Waals surface area contributed by atoms with Gasteiger partial charge in [0, 0.05) is 36.8 Å². The molecule has 7 heteroatoms.